The van der Waals surface area contributed by atoms with Gasteiger partial charge in [-0.15, -0.1) is 0 Å². The molecule has 0 aliphatic heterocycles. The predicted molar refractivity (Wildman–Crippen MR) is 105 cm³/mol. The maximum Gasteiger partial charge on any atom is 0.306 e. The van der Waals surface area contributed by atoms with Gasteiger partial charge in [0.2, 0.25) is 0 Å². The minimum atomic E-state index is -0.588. The zero-order chi connectivity index (χ0) is 20.6. The Bertz CT molecular complexity index is 1040. The first-order chi connectivity index (χ1) is 14.1. The van der Waals surface area contributed by atoms with Crippen molar-refractivity contribution in [1.82, 2.24) is 14.7 Å². The summed E-state index contributed by atoms with van der Waals surface area (Å²) < 4.78 is 11.3. The summed E-state index contributed by atoms with van der Waals surface area (Å²) in [7, 11) is 0. The first-order valence-corrected chi connectivity index (χ1v) is 9.42. The number of para-hydroxylation sites is 2. The number of anilines is 1. The van der Waals surface area contributed by atoms with E-state index in [0.29, 0.717) is 17.8 Å². The molecule has 2 aromatic heterocycles. The van der Waals surface area contributed by atoms with Gasteiger partial charge in [0.1, 0.15) is 12.0 Å². The van der Waals surface area contributed by atoms with Gasteiger partial charge < -0.3 is 19.1 Å². The molecule has 0 atom stereocenters. The predicted octanol–water partition coefficient (Wildman–Crippen LogP) is 2.30. The summed E-state index contributed by atoms with van der Waals surface area (Å²) in [6.07, 6.45) is 3.23. The van der Waals surface area contributed by atoms with Crippen LogP contribution in [0, 0.1) is 0 Å². The lowest BCUT2D eigenvalue weighted by Gasteiger charge is -2.11. The van der Waals surface area contributed by atoms with Gasteiger partial charge in [-0.05, 0) is 18.6 Å². The molecule has 1 amide bonds. The minimum absolute atomic E-state index is 0.0500. The lowest BCUT2D eigenvalue weighted by molar-refractivity contribution is -0.147. The molecule has 1 aromatic carbocycles. The van der Waals surface area contributed by atoms with Gasteiger partial charge in [0, 0.05) is 19.0 Å². The fourth-order valence-electron chi connectivity index (χ4n) is 2.84. The van der Waals surface area contributed by atoms with E-state index in [9.17, 15) is 14.4 Å². The molecular weight excluding hydrogens is 376 g/mol. The Kier molecular flexibility index (Phi) is 6.72. The zero-order valence-electron chi connectivity index (χ0n) is 16.1. The smallest absolute Gasteiger partial charge is 0.306 e. The number of hydrogen-bond donors (Lipinski definition) is 1. The van der Waals surface area contributed by atoms with E-state index in [1.54, 1.807) is 4.57 Å². The van der Waals surface area contributed by atoms with E-state index in [-0.39, 0.29) is 24.2 Å². The number of nitrogens with one attached hydrogen (secondary N) is 1. The third-order valence-electron chi connectivity index (χ3n) is 4.29. The summed E-state index contributed by atoms with van der Waals surface area (Å²) in [4.78, 5) is 40.9. The highest BCUT2D eigenvalue weighted by molar-refractivity contribution is 5.91. The lowest BCUT2D eigenvalue weighted by atomic mass is 10.2. The lowest BCUT2D eigenvalue weighted by Crippen LogP contribution is -2.27. The van der Waals surface area contributed by atoms with Crippen molar-refractivity contribution in [2.45, 2.75) is 39.2 Å². The van der Waals surface area contributed by atoms with E-state index in [0.717, 1.165) is 18.4 Å². The maximum atomic E-state index is 12.8. The van der Waals surface area contributed by atoms with E-state index in [2.05, 4.69) is 26.9 Å². The molecule has 0 spiro atoms. The number of carbonyl (C=O) groups excluding carboxylic acids is 2. The first kappa shape index (κ1) is 20.2. The van der Waals surface area contributed by atoms with Crippen LogP contribution in [0.4, 0.5) is 5.82 Å². The highest BCUT2D eigenvalue weighted by Gasteiger charge is 2.14. The van der Waals surface area contributed by atoms with Crippen LogP contribution in [0.3, 0.4) is 0 Å². The van der Waals surface area contributed by atoms with Crippen LogP contribution in [-0.4, -0.2) is 33.2 Å². The number of nitrogens with zero attached hydrogens (tertiary/aromatic N) is 3. The number of esters is 1. The molecule has 3 rings (SSSR count). The summed E-state index contributed by atoms with van der Waals surface area (Å²) >= 11 is 0. The Morgan fingerprint density at radius 2 is 2.07 bits per heavy atom. The second kappa shape index (κ2) is 9.63. The van der Waals surface area contributed by atoms with E-state index >= 15 is 0 Å². The molecule has 2 heterocycles. The van der Waals surface area contributed by atoms with Gasteiger partial charge in [-0.3, -0.25) is 14.4 Å². The van der Waals surface area contributed by atoms with Crippen molar-refractivity contribution in [2.24, 2.45) is 0 Å². The number of rotatable bonds is 9. The number of unbranched alkanes of at least 4 members (excludes halogenated alkanes) is 1. The van der Waals surface area contributed by atoms with Crippen LogP contribution >= 0.6 is 0 Å². The Morgan fingerprint density at radius 3 is 2.83 bits per heavy atom. The van der Waals surface area contributed by atoms with Crippen molar-refractivity contribution in [1.29, 1.82) is 0 Å². The van der Waals surface area contributed by atoms with Crippen LogP contribution in [0.25, 0.3) is 11.0 Å². The molecular formula is C20H22N4O5. The topological polar surface area (TPSA) is 116 Å². The third-order valence-corrected chi connectivity index (χ3v) is 4.29. The van der Waals surface area contributed by atoms with Crippen LogP contribution in [0.2, 0.25) is 0 Å². The summed E-state index contributed by atoms with van der Waals surface area (Å²) in [5.41, 5.74) is 1.60. The van der Waals surface area contributed by atoms with Crippen molar-refractivity contribution in [3.63, 3.8) is 0 Å². The van der Waals surface area contributed by atoms with Gasteiger partial charge in [-0.2, -0.15) is 0 Å². The molecule has 0 saturated heterocycles. The number of hydrogen-bond acceptors (Lipinski definition) is 7. The Balaban J connectivity index is 1.62. The van der Waals surface area contributed by atoms with Crippen LogP contribution < -0.4 is 10.9 Å². The highest BCUT2D eigenvalue weighted by Crippen LogP contribution is 2.12. The second-order valence-corrected chi connectivity index (χ2v) is 6.45. The standard InChI is InChI=1S/C20H22N4O5/c1-2-3-11-24-16-7-5-4-6-14(16)21-15(20(24)27)8-9-19(26)28-13-18(25)22-17-10-12-29-23-17/h4-7,10,12H,2-3,8-9,11,13H2,1H3,(H,22,23,25). The number of fused-ring (bicyclic) bond motifs is 1. The van der Waals surface area contributed by atoms with Gasteiger partial charge in [0.05, 0.1) is 17.5 Å². The molecule has 0 radical (unpaired) electrons. The molecule has 0 aliphatic carbocycles. The molecule has 9 nitrogen and oxygen atoms in total. The number of ether oxygens (including phenoxy) is 1. The van der Waals surface area contributed by atoms with Crippen LogP contribution in [-0.2, 0) is 27.3 Å². The van der Waals surface area contributed by atoms with E-state index in [1.165, 1.54) is 12.3 Å². The summed E-state index contributed by atoms with van der Waals surface area (Å²) in [5, 5.41) is 5.95. The first-order valence-electron chi connectivity index (χ1n) is 9.42. The number of aromatic nitrogens is 3. The van der Waals surface area contributed by atoms with Crippen molar-refractivity contribution in [3.05, 3.63) is 52.6 Å². The Morgan fingerprint density at radius 1 is 1.24 bits per heavy atom. The maximum absolute atomic E-state index is 12.8. The van der Waals surface area contributed by atoms with E-state index in [4.69, 9.17) is 4.74 Å². The summed E-state index contributed by atoms with van der Waals surface area (Å²) in [6.45, 7) is 2.21. The van der Waals surface area contributed by atoms with E-state index in [1.807, 2.05) is 24.3 Å². The van der Waals surface area contributed by atoms with Gasteiger partial charge in [-0.1, -0.05) is 30.6 Å². The van der Waals surface area contributed by atoms with Gasteiger partial charge >= 0.3 is 5.97 Å². The molecule has 1 N–H and O–H groups in total. The monoisotopic (exact) mass is 398 g/mol. The molecule has 9 heteroatoms. The molecule has 0 bridgehead atoms. The number of aryl methyl sites for hydroxylation is 2. The molecule has 0 aliphatic rings. The number of carbonyl (C=O) groups is 2. The van der Waals surface area contributed by atoms with Crippen molar-refractivity contribution < 1.29 is 18.8 Å². The Hall–Kier alpha value is -3.49. The molecule has 29 heavy (non-hydrogen) atoms. The second-order valence-electron chi connectivity index (χ2n) is 6.45. The third kappa shape index (κ3) is 5.28. The normalized spacial score (nSPS) is 10.8. The molecule has 0 fully saturated rings. The largest absolute Gasteiger partial charge is 0.456 e. The zero-order valence-corrected chi connectivity index (χ0v) is 16.1. The summed E-state index contributed by atoms with van der Waals surface area (Å²) in [6, 6.07) is 8.90. The number of benzene rings is 1. The van der Waals surface area contributed by atoms with E-state index < -0.39 is 18.5 Å². The van der Waals surface area contributed by atoms with Crippen molar-refractivity contribution in [3.8, 4) is 0 Å². The molecule has 0 unspecified atom stereocenters. The summed E-state index contributed by atoms with van der Waals surface area (Å²) in [5.74, 6) is -0.883. The van der Waals surface area contributed by atoms with Gasteiger partial charge in [0.15, 0.2) is 12.4 Å². The SMILES string of the molecule is CCCCn1c(=O)c(CCC(=O)OCC(=O)Nc2ccon2)nc2ccccc21. The Labute approximate surface area is 166 Å². The fraction of sp³-hybridized carbons (Fsp3) is 0.350. The van der Waals surface area contributed by atoms with Crippen molar-refractivity contribution >= 4 is 28.7 Å². The van der Waals surface area contributed by atoms with Crippen LogP contribution in [0.5, 0.6) is 0 Å². The van der Waals surface area contributed by atoms with Crippen LogP contribution in [0.15, 0.2) is 45.9 Å². The van der Waals surface area contributed by atoms with Gasteiger partial charge in [-0.25, -0.2) is 4.98 Å². The quantitative estimate of drug-likeness (QED) is 0.550. The minimum Gasteiger partial charge on any atom is -0.456 e. The highest BCUT2D eigenvalue weighted by atomic mass is 16.5. The molecule has 3 aromatic rings. The molecule has 0 saturated carbocycles. The van der Waals surface area contributed by atoms with Crippen LogP contribution in [0.1, 0.15) is 31.9 Å². The average molecular weight is 398 g/mol. The average Bonchev–Trinajstić information content (AvgIpc) is 3.23. The number of amides is 1. The molecule has 152 valence electrons. The van der Waals surface area contributed by atoms with Gasteiger partial charge in [0.25, 0.3) is 11.5 Å². The van der Waals surface area contributed by atoms with Crippen molar-refractivity contribution in [2.75, 3.05) is 11.9 Å². The fourth-order valence-corrected chi connectivity index (χ4v) is 2.84.